The van der Waals surface area contributed by atoms with Crippen LogP contribution in [0.25, 0.3) is 0 Å². The van der Waals surface area contributed by atoms with Crippen LogP contribution in [0.15, 0.2) is 0 Å². The summed E-state index contributed by atoms with van der Waals surface area (Å²) in [7, 11) is 2.17. The van der Waals surface area contributed by atoms with Gasteiger partial charge >= 0.3 is 0 Å². The molecule has 0 aromatic carbocycles. The fourth-order valence-electron chi connectivity index (χ4n) is 2.03. The van der Waals surface area contributed by atoms with Gasteiger partial charge in [0.15, 0.2) is 6.23 Å². The summed E-state index contributed by atoms with van der Waals surface area (Å²) in [5, 5.41) is 9.73. The van der Waals surface area contributed by atoms with Crippen molar-refractivity contribution in [3.63, 3.8) is 0 Å². The zero-order valence-corrected chi connectivity index (χ0v) is 7.71. The number of hydrogen-bond acceptors (Lipinski definition) is 1. The van der Waals surface area contributed by atoms with Crippen LogP contribution in [0.5, 0.6) is 0 Å². The normalized spacial score (nSPS) is 39.0. The molecule has 2 nitrogen and oxygen atoms in total. The van der Waals surface area contributed by atoms with Crippen LogP contribution in [0, 0.1) is 0 Å². The van der Waals surface area contributed by atoms with Crippen molar-refractivity contribution in [1.29, 1.82) is 0 Å². The van der Waals surface area contributed by atoms with E-state index in [9.17, 15) is 5.11 Å². The Morgan fingerprint density at radius 1 is 1.45 bits per heavy atom. The summed E-state index contributed by atoms with van der Waals surface area (Å²) in [6.07, 6.45) is 4.57. The van der Waals surface area contributed by atoms with Crippen molar-refractivity contribution < 1.29 is 9.59 Å². The fourth-order valence-corrected chi connectivity index (χ4v) is 2.03. The van der Waals surface area contributed by atoms with Gasteiger partial charge in [0.25, 0.3) is 0 Å². The molecule has 0 bridgehead atoms. The highest BCUT2D eigenvalue weighted by atomic mass is 16.3. The van der Waals surface area contributed by atoms with Gasteiger partial charge in [0, 0.05) is 6.42 Å². The van der Waals surface area contributed by atoms with Gasteiger partial charge in [-0.15, -0.1) is 0 Å². The lowest BCUT2D eigenvalue weighted by Gasteiger charge is -2.41. The van der Waals surface area contributed by atoms with Gasteiger partial charge in [-0.3, -0.25) is 0 Å². The summed E-state index contributed by atoms with van der Waals surface area (Å²) in [5.74, 6) is 0. The van der Waals surface area contributed by atoms with Gasteiger partial charge < -0.3 is 9.59 Å². The van der Waals surface area contributed by atoms with Crippen molar-refractivity contribution in [1.82, 2.24) is 0 Å². The Kier molecular flexibility index (Phi) is 2.90. The third-order valence-electron chi connectivity index (χ3n) is 2.84. The molecule has 0 aromatic rings. The van der Waals surface area contributed by atoms with E-state index in [1.54, 1.807) is 0 Å². The molecule has 1 saturated heterocycles. The molecule has 11 heavy (non-hydrogen) atoms. The summed E-state index contributed by atoms with van der Waals surface area (Å²) < 4.78 is 0.885. The van der Waals surface area contributed by atoms with E-state index in [4.69, 9.17) is 0 Å². The van der Waals surface area contributed by atoms with E-state index in [1.807, 2.05) is 0 Å². The predicted molar refractivity (Wildman–Crippen MR) is 46.1 cm³/mol. The highest BCUT2D eigenvalue weighted by Crippen LogP contribution is 2.21. The topological polar surface area (TPSA) is 20.2 Å². The van der Waals surface area contributed by atoms with Crippen molar-refractivity contribution in [3.8, 4) is 0 Å². The minimum Gasteiger partial charge on any atom is -0.345 e. The number of aliphatic hydroxyl groups excluding tert-OH is 1. The van der Waals surface area contributed by atoms with Crippen molar-refractivity contribution in [2.45, 2.75) is 38.8 Å². The van der Waals surface area contributed by atoms with Gasteiger partial charge in [0.2, 0.25) is 0 Å². The number of quaternary nitrogens is 1. The molecule has 0 amide bonds. The Bertz CT molecular complexity index is 123. The second-order valence-electron chi connectivity index (χ2n) is 3.90. The molecule has 66 valence electrons. The average molecular weight is 158 g/mol. The zero-order valence-electron chi connectivity index (χ0n) is 7.71. The maximum absolute atomic E-state index is 9.73. The quantitative estimate of drug-likeness (QED) is 0.601. The van der Waals surface area contributed by atoms with Gasteiger partial charge in [-0.25, -0.2) is 0 Å². The van der Waals surface area contributed by atoms with E-state index >= 15 is 0 Å². The van der Waals surface area contributed by atoms with E-state index in [0.29, 0.717) is 0 Å². The molecule has 1 aliphatic rings. The first kappa shape index (κ1) is 9.01. The average Bonchev–Trinajstić information content (AvgIpc) is 1.96. The summed E-state index contributed by atoms with van der Waals surface area (Å²) in [4.78, 5) is 0. The Hall–Kier alpha value is -0.0800. The van der Waals surface area contributed by atoms with E-state index in [0.717, 1.165) is 24.0 Å². The van der Waals surface area contributed by atoms with E-state index < -0.39 is 0 Å². The third kappa shape index (κ3) is 1.94. The smallest absolute Gasteiger partial charge is 0.190 e. The highest BCUT2D eigenvalue weighted by molar-refractivity contribution is 4.55. The first-order valence-corrected chi connectivity index (χ1v) is 4.71. The Balaban J connectivity index is 2.49. The SMILES string of the molecule is CCC[N+]1(C)CCCCC1O. The van der Waals surface area contributed by atoms with E-state index in [1.165, 1.54) is 19.3 Å². The van der Waals surface area contributed by atoms with Crippen LogP contribution < -0.4 is 0 Å². The minimum atomic E-state index is -0.0938. The van der Waals surface area contributed by atoms with Gasteiger partial charge in [0.1, 0.15) is 0 Å². The third-order valence-corrected chi connectivity index (χ3v) is 2.84. The van der Waals surface area contributed by atoms with Crippen molar-refractivity contribution in [2.75, 3.05) is 20.1 Å². The van der Waals surface area contributed by atoms with Crippen molar-refractivity contribution >= 4 is 0 Å². The first-order chi connectivity index (χ1) is 5.19. The van der Waals surface area contributed by atoms with Crippen LogP contribution in [-0.2, 0) is 0 Å². The Morgan fingerprint density at radius 2 is 2.18 bits per heavy atom. The van der Waals surface area contributed by atoms with Crippen LogP contribution >= 0.6 is 0 Å². The second kappa shape index (κ2) is 3.55. The monoisotopic (exact) mass is 158 g/mol. The number of rotatable bonds is 2. The van der Waals surface area contributed by atoms with Crippen molar-refractivity contribution in [2.24, 2.45) is 0 Å². The number of piperidine rings is 1. The first-order valence-electron chi connectivity index (χ1n) is 4.71. The summed E-state index contributed by atoms with van der Waals surface area (Å²) >= 11 is 0. The number of hydrogen-bond donors (Lipinski definition) is 1. The van der Waals surface area contributed by atoms with Gasteiger partial charge in [0.05, 0.1) is 20.1 Å². The second-order valence-corrected chi connectivity index (χ2v) is 3.90. The lowest BCUT2D eigenvalue weighted by molar-refractivity contribution is -0.959. The molecular formula is C9H20NO+. The van der Waals surface area contributed by atoms with Crippen LogP contribution in [0.3, 0.4) is 0 Å². The van der Waals surface area contributed by atoms with Crippen LogP contribution in [-0.4, -0.2) is 36.0 Å². The van der Waals surface area contributed by atoms with Crippen LogP contribution in [0.2, 0.25) is 0 Å². The molecule has 2 atom stereocenters. The predicted octanol–water partition coefficient (Wildman–Crippen LogP) is 1.35. The summed E-state index contributed by atoms with van der Waals surface area (Å²) in [5.41, 5.74) is 0. The van der Waals surface area contributed by atoms with Crippen LogP contribution in [0.4, 0.5) is 0 Å². The van der Waals surface area contributed by atoms with Gasteiger partial charge in [-0.05, 0) is 19.3 Å². The van der Waals surface area contributed by atoms with Crippen LogP contribution in [0.1, 0.15) is 32.6 Å². The lowest BCUT2D eigenvalue weighted by atomic mass is 10.1. The lowest BCUT2D eigenvalue weighted by Crippen LogP contribution is -2.55. The minimum absolute atomic E-state index is 0.0938. The summed E-state index contributed by atoms with van der Waals surface area (Å²) in [6, 6.07) is 0. The molecule has 2 unspecified atom stereocenters. The molecule has 0 spiro atoms. The molecule has 0 aromatic heterocycles. The molecule has 1 N–H and O–H groups in total. The molecule has 2 heteroatoms. The van der Waals surface area contributed by atoms with E-state index in [-0.39, 0.29) is 6.23 Å². The number of nitrogens with zero attached hydrogens (tertiary/aromatic N) is 1. The maximum Gasteiger partial charge on any atom is 0.190 e. The van der Waals surface area contributed by atoms with Gasteiger partial charge in [-0.2, -0.15) is 0 Å². The Morgan fingerprint density at radius 3 is 2.73 bits per heavy atom. The molecule has 0 radical (unpaired) electrons. The molecule has 1 aliphatic heterocycles. The molecular weight excluding hydrogens is 138 g/mol. The zero-order chi connectivity index (χ0) is 8.32. The van der Waals surface area contributed by atoms with Gasteiger partial charge in [-0.1, -0.05) is 6.92 Å². The molecule has 1 heterocycles. The fraction of sp³-hybridized carbons (Fsp3) is 1.00. The largest absolute Gasteiger partial charge is 0.345 e. The Labute approximate surface area is 69.4 Å². The molecule has 1 rings (SSSR count). The molecule has 1 fully saturated rings. The number of aliphatic hydroxyl groups is 1. The standard InChI is InChI=1S/C9H20NO/c1-3-7-10(2)8-5-4-6-9(10)11/h9,11H,3-8H2,1-2H3/q+1. The molecule has 0 aliphatic carbocycles. The van der Waals surface area contributed by atoms with E-state index in [2.05, 4.69) is 14.0 Å². The molecule has 0 saturated carbocycles. The number of likely N-dealkylation sites (tertiary alicyclic amines) is 1. The highest BCUT2D eigenvalue weighted by Gasteiger charge is 2.32. The van der Waals surface area contributed by atoms with Crippen molar-refractivity contribution in [3.05, 3.63) is 0 Å². The maximum atomic E-state index is 9.73. The summed E-state index contributed by atoms with van der Waals surface area (Å²) in [6.45, 7) is 4.47.